The summed E-state index contributed by atoms with van der Waals surface area (Å²) in [5.74, 6) is -0.144. The molecule has 8 rings (SSSR count). The lowest BCUT2D eigenvalue weighted by Gasteiger charge is -2.21. The van der Waals surface area contributed by atoms with Gasteiger partial charge in [0.1, 0.15) is 29.3 Å². The van der Waals surface area contributed by atoms with Crippen LogP contribution in [0, 0.1) is 12.7 Å². The van der Waals surface area contributed by atoms with Crippen molar-refractivity contribution >= 4 is 50.9 Å². The molecule has 9 nitrogen and oxygen atoms in total. The average Bonchev–Trinajstić information content (AvgIpc) is 3.53. The Balaban J connectivity index is 1.38. The van der Waals surface area contributed by atoms with Crippen LogP contribution in [-0.4, -0.2) is 44.9 Å². The molecular weight excluding hydrogens is 711 g/mol. The van der Waals surface area contributed by atoms with E-state index >= 15 is 0 Å². The van der Waals surface area contributed by atoms with Crippen molar-refractivity contribution in [2.24, 2.45) is 0 Å². The van der Waals surface area contributed by atoms with Gasteiger partial charge in [0.2, 0.25) is 12.0 Å². The SMILES string of the molecule is CCOC(=O)[C@H]1Cc2cc(ccc2OCc2ccnc(SC)n2)COCc2ccc(c(C)c2Cl)-c2c(-c3ccc(F)cc3)sc3ncnc(c23)O1. The van der Waals surface area contributed by atoms with Gasteiger partial charge in [-0.05, 0) is 83.8 Å². The van der Waals surface area contributed by atoms with Gasteiger partial charge < -0.3 is 18.9 Å². The Hall–Kier alpha value is -4.62. The molecule has 2 aliphatic heterocycles. The van der Waals surface area contributed by atoms with Crippen LogP contribution in [0.5, 0.6) is 11.6 Å². The monoisotopic (exact) mass is 742 g/mol. The number of thiophene rings is 1. The Kier molecular flexibility index (Phi) is 10.5. The number of halogens is 2. The molecular formula is C38H32ClFN4O5S2. The van der Waals surface area contributed by atoms with Gasteiger partial charge in [0.15, 0.2) is 5.16 Å². The van der Waals surface area contributed by atoms with Gasteiger partial charge >= 0.3 is 5.97 Å². The molecule has 0 aliphatic carbocycles. The second-order valence-corrected chi connectivity index (χ2v) is 13.9. The van der Waals surface area contributed by atoms with Gasteiger partial charge in [0.25, 0.3) is 0 Å². The molecule has 0 fully saturated rings. The largest absolute Gasteiger partial charge is 0.487 e. The number of ether oxygens (including phenoxy) is 4. The third-order valence-corrected chi connectivity index (χ3v) is 10.6. The molecule has 0 saturated carbocycles. The summed E-state index contributed by atoms with van der Waals surface area (Å²) in [6.07, 6.45) is 4.02. The summed E-state index contributed by atoms with van der Waals surface area (Å²) in [6.45, 7) is 4.60. The summed E-state index contributed by atoms with van der Waals surface area (Å²) >= 11 is 9.89. The minimum atomic E-state index is -1.11. The predicted octanol–water partition coefficient (Wildman–Crippen LogP) is 8.80. The van der Waals surface area contributed by atoms with Crippen molar-refractivity contribution in [3.05, 3.63) is 112 Å². The Morgan fingerprint density at radius 2 is 1.90 bits per heavy atom. The standard InChI is InChI=1S/C38H32ClFN4O5S2/c1-4-47-37(45)30-16-25-15-22(5-12-29(25)48-19-27-13-14-41-38(44-27)50-3)17-46-18-24-8-11-28(21(2)33(24)39)31-32-35(49-30)42-20-43-36(32)51-34(31)23-6-9-26(40)10-7-23/h5-15,20,30H,4,16-19H2,1-3H3/t30-/m1/s1. The van der Waals surface area contributed by atoms with Crippen LogP contribution in [0.15, 0.2) is 78.3 Å². The lowest BCUT2D eigenvalue weighted by Crippen LogP contribution is -2.32. The van der Waals surface area contributed by atoms with E-state index in [2.05, 4.69) is 19.9 Å². The number of carbonyl (C=O) groups is 1. The fraction of sp³-hybridized carbons (Fsp3) is 0.237. The van der Waals surface area contributed by atoms with E-state index in [-0.39, 0.29) is 44.5 Å². The van der Waals surface area contributed by atoms with E-state index in [1.54, 1.807) is 31.3 Å². The zero-order valence-corrected chi connectivity index (χ0v) is 30.3. The van der Waals surface area contributed by atoms with Gasteiger partial charge in [-0.3, -0.25) is 0 Å². The number of nitrogens with zero attached hydrogens (tertiary/aromatic N) is 4. The van der Waals surface area contributed by atoms with Crippen LogP contribution in [-0.2, 0) is 40.5 Å². The third kappa shape index (κ3) is 7.41. The number of esters is 1. The van der Waals surface area contributed by atoms with Crippen molar-refractivity contribution in [1.29, 1.82) is 0 Å². The lowest BCUT2D eigenvalue weighted by atomic mass is 9.94. The predicted molar refractivity (Wildman–Crippen MR) is 196 cm³/mol. The fourth-order valence-electron chi connectivity index (χ4n) is 5.93. The van der Waals surface area contributed by atoms with E-state index in [0.29, 0.717) is 37.4 Å². The molecule has 3 aromatic heterocycles. The first kappa shape index (κ1) is 34.8. The topological polar surface area (TPSA) is 106 Å². The van der Waals surface area contributed by atoms with Crippen LogP contribution in [0.1, 0.15) is 34.9 Å². The molecule has 0 N–H and O–H groups in total. The van der Waals surface area contributed by atoms with Gasteiger partial charge in [-0.25, -0.2) is 29.1 Å². The molecule has 0 radical (unpaired) electrons. The van der Waals surface area contributed by atoms with E-state index in [1.165, 1.54) is 41.6 Å². The highest BCUT2D eigenvalue weighted by Gasteiger charge is 2.29. The first-order valence-electron chi connectivity index (χ1n) is 16.2. The zero-order chi connectivity index (χ0) is 35.5. The van der Waals surface area contributed by atoms with Crippen molar-refractivity contribution in [2.75, 3.05) is 12.9 Å². The number of thioether (sulfide) groups is 1. The molecule has 5 heterocycles. The van der Waals surface area contributed by atoms with E-state index in [9.17, 15) is 9.18 Å². The molecule has 51 heavy (non-hydrogen) atoms. The number of fused-ring (bicyclic) bond motifs is 6. The third-order valence-electron chi connectivity index (χ3n) is 8.40. The number of rotatable bonds is 7. The molecule has 0 amide bonds. The molecule has 0 saturated heterocycles. The highest BCUT2D eigenvalue weighted by Crippen LogP contribution is 2.49. The number of hydrogen-bond donors (Lipinski definition) is 0. The smallest absolute Gasteiger partial charge is 0.347 e. The summed E-state index contributed by atoms with van der Waals surface area (Å²) in [5, 5.41) is 1.81. The summed E-state index contributed by atoms with van der Waals surface area (Å²) in [7, 11) is 0. The first-order valence-corrected chi connectivity index (χ1v) is 18.6. The Labute approximate surface area is 307 Å². The van der Waals surface area contributed by atoms with Crippen LogP contribution in [0.2, 0.25) is 5.02 Å². The number of aromatic nitrogens is 4. The number of hydrogen-bond acceptors (Lipinski definition) is 11. The van der Waals surface area contributed by atoms with Crippen LogP contribution < -0.4 is 9.47 Å². The molecule has 13 heteroatoms. The second-order valence-electron chi connectivity index (χ2n) is 11.7. The average molecular weight is 743 g/mol. The van der Waals surface area contributed by atoms with Crippen molar-refractivity contribution in [3.8, 4) is 33.2 Å². The maximum Gasteiger partial charge on any atom is 0.347 e. The minimum absolute atomic E-state index is 0.107. The Morgan fingerprint density at radius 3 is 2.71 bits per heavy atom. The molecule has 2 aliphatic rings. The van der Waals surface area contributed by atoms with Crippen molar-refractivity contribution in [2.45, 2.75) is 51.3 Å². The molecule has 0 spiro atoms. The van der Waals surface area contributed by atoms with Gasteiger partial charge in [-0.15, -0.1) is 11.3 Å². The molecule has 3 aromatic carbocycles. The van der Waals surface area contributed by atoms with Crippen molar-refractivity contribution < 1.29 is 28.1 Å². The summed E-state index contributed by atoms with van der Waals surface area (Å²) in [4.78, 5) is 33.1. The van der Waals surface area contributed by atoms with Gasteiger partial charge in [-0.1, -0.05) is 53.7 Å². The summed E-state index contributed by atoms with van der Waals surface area (Å²) in [6, 6.07) is 17.7. The van der Waals surface area contributed by atoms with E-state index in [1.807, 2.05) is 43.5 Å². The van der Waals surface area contributed by atoms with Gasteiger partial charge in [-0.2, -0.15) is 0 Å². The normalized spacial score (nSPS) is 14.3. The van der Waals surface area contributed by atoms with Crippen LogP contribution >= 0.6 is 34.7 Å². The van der Waals surface area contributed by atoms with E-state index in [4.69, 9.17) is 30.5 Å². The minimum Gasteiger partial charge on any atom is -0.487 e. The number of benzene rings is 3. The fourth-order valence-corrected chi connectivity index (χ4v) is 7.68. The second kappa shape index (κ2) is 15.3. The first-order chi connectivity index (χ1) is 24.8. The molecule has 6 aromatic rings. The van der Waals surface area contributed by atoms with Crippen LogP contribution in [0.4, 0.5) is 4.39 Å². The van der Waals surface area contributed by atoms with Gasteiger partial charge in [0, 0.05) is 28.1 Å². The van der Waals surface area contributed by atoms with Crippen molar-refractivity contribution in [3.63, 3.8) is 0 Å². The van der Waals surface area contributed by atoms with E-state index < -0.39 is 12.1 Å². The van der Waals surface area contributed by atoms with Crippen LogP contribution in [0.3, 0.4) is 0 Å². The lowest BCUT2D eigenvalue weighted by molar-refractivity contribution is -0.151. The zero-order valence-electron chi connectivity index (χ0n) is 27.9. The highest BCUT2D eigenvalue weighted by molar-refractivity contribution is 7.98. The molecule has 4 bridgehead atoms. The summed E-state index contributed by atoms with van der Waals surface area (Å²) < 4.78 is 38.7. The molecule has 260 valence electrons. The Bertz CT molecular complexity index is 2230. The Morgan fingerprint density at radius 1 is 1.06 bits per heavy atom. The molecule has 0 unspecified atom stereocenters. The number of carbonyl (C=O) groups excluding carboxylic acids is 1. The quantitative estimate of drug-likeness (QED) is 0.0895. The van der Waals surface area contributed by atoms with E-state index in [0.717, 1.165) is 38.3 Å². The van der Waals surface area contributed by atoms with Crippen molar-refractivity contribution in [1.82, 2.24) is 19.9 Å². The van der Waals surface area contributed by atoms with Gasteiger partial charge in [0.05, 0.1) is 30.9 Å². The maximum absolute atomic E-state index is 14.1. The maximum atomic E-state index is 14.1. The molecule has 1 atom stereocenters. The summed E-state index contributed by atoms with van der Waals surface area (Å²) in [5.41, 5.74) is 6.31. The van der Waals surface area contributed by atoms with Crippen LogP contribution in [0.25, 0.3) is 31.8 Å². The highest BCUT2D eigenvalue weighted by atomic mass is 35.5.